The van der Waals surface area contributed by atoms with Crippen molar-refractivity contribution >= 4 is 5.91 Å². The average molecular weight is 265 g/mol. The van der Waals surface area contributed by atoms with Crippen molar-refractivity contribution < 1.29 is 4.79 Å². The maximum atomic E-state index is 12.0. The van der Waals surface area contributed by atoms with Crippen molar-refractivity contribution in [3.05, 3.63) is 0 Å². The lowest BCUT2D eigenvalue weighted by atomic mass is 9.96. The molecule has 19 heavy (non-hydrogen) atoms. The van der Waals surface area contributed by atoms with Crippen molar-refractivity contribution in [2.75, 3.05) is 33.2 Å². The van der Waals surface area contributed by atoms with E-state index < -0.39 is 0 Å². The quantitative estimate of drug-likeness (QED) is 0.740. The summed E-state index contributed by atoms with van der Waals surface area (Å²) in [7, 11) is 1.79. The van der Waals surface area contributed by atoms with Crippen LogP contribution < -0.4 is 0 Å². The summed E-state index contributed by atoms with van der Waals surface area (Å²) in [6, 6.07) is 2.08. The van der Waals surface area contributed by atoms with E-state index in [2.05, 4.69) is 17.9 Å². The van der Waals surface area contributed by atoms with Crippen molar-refractivity contribution in [3.8, 4) is 6.07 Å². The van der Waals surface area contributed by atoms with Crippen LogP contribution in [0.2, 0.25) is 0 Å². The van der Waals surface area contributed by atoms with E-state index in [0.717, 1.165) is 19.0 Å². The number of carbonyl (C=O) groups excluding carboxylic acids is 1. The first-order valence-corrected chi connectivity index (χ1v) is 7.50. The zero-order chi connectivity index (χ0) is 14.1. The molecule has 1 saturated heterocycles. The average Bonchev–Trinajstić information content (AvgIpc) is 2.62. The molecule has 1 atom stereocenters. The Hall–Kier alpha value is -1.08. The molecule has 0 aromatic carbocycles. The number of likely N-dealkylation sites (N-methyl/N-ethyl adjacent to an activating group) is 1. The Morgan fingerprint density at radius 2 is 2.21 bits per heavy atom. The Kier molecular flexibility index (Phi) is 7.50. The molecule has 1 heterocycles. The van der Waals surface area contributed by atoms with E-state index in [4.69, 9.17) is 5.26 Å². The molecule has 108 valence electrons. The maximum absolute atomic E-state index is 12.0. The van der Waals surface area contributed by atoms with E-state index >= 15 is 0 Å². The van der Waals surface area contributed by atoms with Crippen LogP contribution in [0.3, 0.4) is 0 Å². The van der Waals surface area contributed by atoms with E-state index in [-0.39, 0.29) is 5.91 Å². The van der Waals surface area contributed by atoms with Gasteiger partial charge in [-0.25, -0.2) is 0 Å². The second kappa shape index (κ2) is 8.92. The lowest BCUT2D eigenvalue weighted by Gasteiger charge is -2.23. The molecule has 1 unspecified atom stereocenters. The fraction of sp³-hybridized carbons (Fsp3) is 0.867. The first-order valence-electron chi connectivity index (χ1n) is 7.50. The predicted octanol–water partition coefficient (Wildman–Crippen LogP) is 2.26. The van der Waals surface area contributed by atoms with Gasteiger partial charge in [-0.3, -0.25) is 9.69 Å². The first-order chi connectivity index (χ1) is 9.17. The minimum atomic E-state index is 0.143. The standard InChI is InChI=1S/C15H27N3O/c1-3-6-14-7-4-11-18(12-8-14)13-15(19)17(2)10-5-9-16/h14H,3-8,10-13H2,1-2H3. The van der Waals surface area contributed by atoms with Crippen LogP contribution in [-0.2, 0) is 4.79 Å². The van der Waals surface area contributed by atoms with Crippen molar-refractivity contribution in [3.63, 3.8) is 0 Å². The van der Waals surface area contributed by atoms with Crippen LogP contribution >= 0.6 is 0 Å². The molecular weight excluding hydrogens is 238 g/mol. The third kappa shape index (κ3) is 6.07. The van der Waals surface area contributed by atoms with Gasteiger partial charge in [0.2, 0.25) is 5.91 Å². The van der Waals surface area contributed by atoms with E-state index in [9.17, 15) is 4.79 Å². The number of rotatable bonds is 6. The second-order valence-electron chi connectivity index (χ2n) is 5.59. The van der Waals surface area contributed by atoms with E-state index in [1.54, 1.807) is 11.9 Å². The third-order valence-corrected chi connectivity index (χ3v) is 3.98. The largest absolute Gasteiger partial charge is 0.344 e. The summed E-state index contributed by atoms with van der Waals surface area (Å²) < 4.78 is 0. The number of amides is 1. The highest BCUT2D eigenvalue weighted by molar-refractivity contribution is 5.78. The minimum absolute atomic E-state index is 0.143. The summed E-state index contributed by atoms with van der Waals surface area (Å²) in [6.45, 7) is 5.39. The highest BCUT2D eigenvalue weighted by atomic mass is 16.2. The molecule has 1 amide bonds. The van der Waals surface area contributed by atoms with Crippen LogP contribution in [0.5, 0.6) is 0 Å². The molecule has 0 aromatic heterocycles. The topological polar surface area (TPSA) is 47.3 Å². The molecule has 0 saturated carbocycles. The highest BCUT2D eigenvalue weighted by Crippen LogP contribution is 2.21. The summed E-state index contributed by atoms with van der Waals surface area (Å²) in [5, 5.41) is 8.54. The molecule has 0 spiro atoms. The Labute approximate surface area is 117 Å². The van der Waals surface area contributed by atoms with Crippen LogP contribution in [-0.4, -0.2) is 48.9 Å². The zero-order valence-electron chi connectivity index (χ0n) is 12.4. The van der Waals surface area contributed by atoms with Gasteiger partial charge in [0.1, 0.15) is 0 Å². The van der Waals surface area contributed by atoms with Crippen LogP contribution in [0.25, 0.3) is 0 Å². The molecule has 0 aromatic rings. The smallest absolute Gasteiger partial charge is 0.236 e. The fourth-order valence-corrected chi connectivity index (χ4v) is 2.73. The zero-order valence-corrected chi connectivity index (χ0v) is 12.4. The Morgan fingerprint density at radius 1 is 1.42 bits per heavy atom. The third-order valence-electron chi connectivity index (χ3n) is 3.98. The number of carbonyl (C=O) groups is 1. The van der Waals surface area contributed by atoms with Gasteiger partial charge in [0.15, 0.2) is 0 Å². The SMILES string of the molecule is CCCC1CCCN(CC(=O)N(C)CCC#N)CC1. The van der Waals surface area contributed by atoms with Gasteiger partial charge in [-0.15, -0.1) is 0 Å². The number of likely N-dealkylation sites (tertiary alicyclic amines) is 1. The molecule has 0 radical (unpaired) electrons. The summed E-state index contributed by atoms with van der Waals surface area (Å²) >= 11 is 0. The normalized spacial score (nSPS) is 20.6. The lowest BCUT2D eigenvalue weighted by molar-refractivity contribution is -0.131. The van der Waals surface area contributed by atoms with Gasteiger partial charge < -0.3 is 4.90 Å². The molecule has 0 N–H and O–H groups in total. The van der Waals surface area contributed by atoms with Gasteiger partial charge in [-0.05, 0) is 38.3 Å². The first kappa shape index (κ1) is 16.0. The van der Waals surface area contributed by atoms with E-state index in [0.29, 0.717) is 19.5 Å². The van der Waals surface area contributed by atoms with Gasteiger partial charge in [0, 0.05) is 13.6 Å². The molecule has 1 aliphatic rings. The molecule has 1 rings (SSSR count). The van der Waals surface area contributed by atoms with Gasteiger partial charge in [0.25, 0.3) is 0 Å². The van der Waals surface area contributed by atoms with Crippen molar-refractivity contribution in [2.45, 2.75) is 45.4 Å². The Balaban J connectivity index is 2.32. The molecule has 4 nitrogen and oxygen atoms in total. The van der Waals surface area contributed by atoms with E-state index in [1.807, 2.05) is 0 Å². The van der Waals surface area contributed by atoms with Gasteiger partial charge in [-0.1, -0.05) is 19.8 Å². The number of hydrogen-bond acceptors (Lipinski definition) is 3. The van der Waals surface area contributed by atoms with Crippen molar-refractivity contribution in [1.29, 1.82) is 5.26 Å². The van der Waals surface area contributed by atoms with Gasteiger partial charge in [0.05, 0.1) is 19.0 Å². The second-order valence-corrected chi connectivity index (χ2v) is 5.59. The number of hydrogen-bond donors (Lipinski definition) is 0. The number of nitriles is 1. The molecule has 0 bridgehead atoms. The summed E-state index contributed by atoms with van der Waals surface area (Å²) in [6.07, 6.45) is 6.75. The molecular formula is C15H27N3O. The van der Waals surface area contributed by atoms with Crippen LogP contribution in [0.1, 0.15) is 45.4 Å². The molecule has 0 aliphatic carbocycles. The molecule has 1 fully saturated rings. The Bertz CT molecular complexity index is 311. The van der Waals surface area contributed by atoms with Crippen LogP contribution in [0.15, 0.2) is 0 Å². The lowest BCUT2D eigenvalue weighted by Crippen LogP contribution is -2.39. The van der Waals surface area contributed by atoms with Crippen molar-refractivity contribution in [2.24, 2.45) is 5.92 Å². The fourth-order valence-electron chi connectivity index (χ4n) is 2.73. The molecule has 1 aliphatic heterocycles. The van der Waals surface area contributed by atoms with E-state index in [1.165, 1.54) is 32.1 Å². The summed E-state index contributed by atoms with van der Waals surface area (Å²) in [4.78, 5) is 16.0. The predicted molar refractivity (Wildman–Crippen MR) is 76.6 cm³/mol. The van der Waals surface area contributed by atoms with Crippen LogP contribution in [0.4, 0.5) is 0 Å². The van der Waals surface area contributed by atoms with Crippen LogP contribution in [0, 0.1) is 17.2 Å². The van der Waals surface area contributed by atoms with Crippen molar-refractivity contribution in [1.82, 2.24) is 9.80 Å². The maximum Gasteiger partial charge on any atom is 0.236 e. The van der Waals surface area contributed by atoms with Gasteiger partial charge >= 0.3 is 0 Å². The highest BCUT2D eigenvalue weighted by Gasteiger charge is 2.19. The number of nitrogens with zero attached hydrogens (tertiary/aromatic N) is 3. The molecule has 4 heteroatoms. The summed E-state index contributed by atoms with van der Waals surface area (Å²) in [5.74, 6) is 0.991. The van der Waals surface area contributed by atoms with Gasteiger partial charge in [-0.2, -0.15) is 5.26 Å². The minimum Gasteiger partial charge on any atom is -0.344 e. The monoisotopic (exact) mass is 265 g/mol. The Morgan fingerprint density at radius 3 is 2.89 bits per heavy atom. The summed E-state index contributed by atoms with van der Waals surface area (Å²) in [5.41, 5.74) is 0.